The van der Waals surface area contributed by atoms with Gasteiger partial charge in [0.15, 0.2) is 0 Å². The molecule has 1 rings (SSSR count). The fourth-order valence-corrected chi connectivity index (χ4v) is 1.99. The van der Waals surface area contributed by atoms with E-state index in [1.54, 1.807) is 0 Å². The summed E-state index contributed by atoms with van der Waals surface area (Å²) in [5.41, 5.74) is 0. The molecular formula is C12H24N2O2. The second kappa shape index (κ2) is 7.63. The van der Waals surface area contributed by atoms with E-state index in [9.17, 15) is 4.79 Å². The van der Waals surface area contributed by atoms with Gasteiger partial charge in [-0.3, -0.25) is 9.69 Å². The summed E-state index contributed by atoms with van der Waals surface area (Å²) < 4.78 is 5.15. The maximum absolute atomic E-state index is 11.5. The van der Waals surface area contributed by atoms with E-state index in [1.165, 1.54) is 6.42 Å². The van der Waals surface area contributed by atoms with Crippen molar-refractivity contribution in [3.05, 3.63) is 0 Å². The summed E-state index contributed by atoms with van der Waals surface area (Å²) >= 11 is 0. The van der Waals surface area contributed by atoms with Crippen LogP contribution in [0.15, 0.2) is 0 Å². The smallest absolute Gasteiger partial charge is 0.320 e. The molecule has 0 radical (unpaired) electrons. The number of unbranched alkanes of at least 4 members (excludes halogenated alkanes) is 1. The quantitative estimate of drug-likeness (QED) is 0.544. The fraction of sp³-hybridized carbons (Fsp3) is 0.917. The number of carbonyl (C=O) groups excluding carboxylic acids is 1. The molecule has 0 aliphatic carbocycles. The number of hydrogen-bond donors (Lipinski definition) is 1. The molecule has 0 saturated carbocycles. The molecule has 1 aliphatic rings. The van der Waals surface area contributed by atoms with Gasteiger partial charge in [-0.15, -0.1) is 0 Å². The van der Waals surface area contributed by atoms with Crippen LogP contribution in [-0.2, 0) is 9.53 Å². The van der Waals surface area contributed by atoms with Crippen molar-refractivity contribution in [3.63, 3.8) is 0 Å². The SMILES string of the molecule is CCCCOC(=O)CN1CCCC(NC)C1. The number of carbonyl (C=O) groups is 1. The highest BCUT2D eigenvalue weighted by molar-refractivity contribution is 5.71. The third kappa shape index (κ3) is 4.94. The maximum atomic E-state index is 11.5. The van der Waals surface area contributed by atoms with E-state index >= 15 is 0 Å². The number of ether oxygens (including phenoxy) is 1. The Labute approximate surface area is 98.3 Å². The first-order valence-electron chi connectivity index (χ1n) is 6.31. The van der Waals surface area contributed by atoms with Crippen molar-refractivity contribution in [2.24, 2.45) is 0 Å². The monoisotopic (exact) mass is 228 g/mol. The van der Waals surface area contributed by atoms with Crippen LogP contribution in [-0.4, -0.2) is 50.2 Å². The maximum Gasteiger partial charge on any atom is 0.320 e. The highest BCUT2D eigenvalue weighted by Crippen LogP contribution is 2.09. The van der Waals surface area contributed by atoms with Gasteiger partial charge >= 0.3 is 5.97 Å². The largest absolute Gasteiger partial charge is 0.465 e. The molecule has 0 aromatic rings. The van der Waals surface area contributed by atoms with Crippen LogP contribution in [0.25, 0.3) is 0 Å². The van der Waals surface area contributed by atoms with E-state index in [0.29, 0.717) is 19.2 Å². The molecule has 16 heavy (non-hydrogen) atoms. The third-order valence-electron chi connectivity index (χ3n) is 3.03. The van der Waals surface area contributed by atoms with Crippen molar-refractivity contribution < 1.29 is 9.53 Å². The molecule has 0 aromatic heterocycles. The van der Waals surface area contributed by atoms with Crippen LogP contribution in [0.2, 0.25) is 0 Å². The molecule has 1 atom stereocenters. The van der Waals surface area contributed by atoms with E-state index in [1.807, 2.05) is 7.05 Å². The van der Waals surface area contributed by atoms with Crippen LogP contribution >= 0.6 is 0 Å². The number of likely N-dealkylation sites (N-methyl/N-ethyl adjacent to an activating group) is 1. The second-order valence-electron chi connectivity index (χ2n) is 4.44. The average molecular weight is 228 g/mol. The van der Waals surface area contributed by atoms with Crippen molar-refractivity contribution in [1.82, 2.24) is 10.2 Å². The normalized spacial score (nSPS) is 22.0. The topological polar surface area (TPSA) is 41.6 Å². The molecule has 0 aromatic carbocycles. The average Bonchev–Trinajstić information content (AvgIpc) is 2.29. The first kappa shape index (κ1) is 13.5. The molecule has 0 bridgehead atoms. The number of esters is 1. The second-order valence-corrected chi connectivity index (χ2v) is 4.44. The summed E-state index contributed by atoms with van der Waals surface area (Å²) in [6, 6.07) is 0.525. The first-order chi connectivity index (χ1) is 7.76. The van der Waals surface area contributed by atoms with Gasteiger partial charge in [0.2, 0.25) is 0 Å². The van der Waals surface area contributed by atoms with Gasteiger partial charge in [0.05, 0.1) is 13.2 Å². The molecule has 1 unspecified atom stereocenters. The zero-order valence-corrected chi connectivity index (χ0v) is 10.5. The molecule has 1 saturated heterocycles. The van der Waals surface area contributed by atoms with Gasteiger partial charge in [-0.25, -0.2) is 0 Å². The minimum atomic E-state index is -0.0785. The predicted molar refractivity (Wildman–Crippen MR) is 64.4 cm³/mol. The molecule has 1 heterocycles. The van der Waals surface area contributed by atoms with E-state index in [4.69, 9.17) is 4.74 Å². The number of piperidine rings is 1. The van der Waals surface area contributed by atoms with Gasteiger partial charge in [-0.1, -0.05) is 13.3 Å². The molecule has 1 N–H and O–H groups in total. The summed E-state index contributed by atoms with van der Waals surface area (Å²) in [4.78, 5) is 13.7. The van der Waals surface area contributed by atoms with E-state index in [-0.39, 0.29) is 5.97 Å². The summed E-state index contributed by atoms with van der Waals surface area (Å²) in [7, 11) is 1.98. The highest BCUT2D eigenvalue weighted by Gasteiger charge is 2.20. The highest BCUT2D eigenvalue weighted by atomic mass is 16.5. The van der Waals surface area contributed by atoms with Crippen molar-refractivity contribution in [1.29, 1.82) is 0 Å². The molecule has 94 valence electrons. The molecule has 1 aliphatic heterocycles. The number of likely N-dealkylation sites (tertiary alicyclic amines) is 1. The van der Waals surface area contributed by atoms with E-state index in [2.05, 4.69) is 17.1 Å². The van der Waals surface area contributed by atoms with Crippen molar-refractivity contribution >= 4 is 5.97 Å². The molecule has 1 fully saturated rings. The van der Waals surface area contributed by atoms with Crippen LogP contribution in [0, 0.1) is 0 Å². The van der Waals surface area contributed by atoms with Crippen LogP contribution < -0.4 is 5.32 Å². The Kier molecular flexibility index (Phi) is 6.42. The Morgan fingerprint density at radius 3 is 3.06 bits per heavy atom. The third-order valence-corrected chi connectivity index (χ3v) is 3.03. The lowest BCUT2D eigenvalue weighted by Gasteiger charge is -2.31. The number of hydrogen-bond acceptors (Lipinski definition) is 4. The molecule has 0 amide bonds. The van der Waals surface area contributed by atoms with Gasteiger partial charge in [0, 0.05) is 12.6 Å². The Morgan fingerprint density at radius 1 is 1.56 bits per heavy atom. The molecular weight excluding hydrogens is 204 g/mol. The van der Waals surface area contributed by atoms with Crippen molar-refractivity contribution in [2.75, 3.05) is 33.3 Å². The zero-order valence-electron chi connectivity index (χ0n) is 10.5. The fourth-order valence-electron chi connectivity index (χ4n) is 1.99. The Balaban J connectivity index is 2.17. The zero-order chi connectivity index (χ0) is 11.8. The molecule has 4 heteroatoms. The standard InChI is InChI=1S/C12H24N2O2/c1-3-4-8-16-12(15)10-14-7-5-6-11(9-14)13-2/h11,13H,3-10H2,1-2H3. The molecule has 4 nitrogen and oxygen atoms in total. The van der Waals surface area contributed by atoms with Crippen LogP contribution in [0.1, 0.15) is 32.6 Å². The first-order valence-corrected chi connectivity index (χ1v) is 6.31. The van der Waals surface area contributed by atoms with Crippen molar-refractivity contribution in [2.45, 2.75) is 38.6 Å². The Bertz CT molecular complexity index is 209. The summed E-state index contributed by atoms with van der Waals surface area (Å²) in [6.07, 6.45) is 4.40. The summed E-state index contributed by atoms with van der Waals surface area (Å²) in [6.45, 7) is 5.08. The number of nitrogens with zero attached hydrogens (tertiary/aromatic N) is 1. The number of rotatable bonds is 6. The lowest BCUT2D eigenvalue weighted by molar-refractivity contribution is -0.145. The molecule has 0 spiro atoms. The minimum absolute atomic E-state index is 0.0785. The number of nitrogens with one attached hydrogen (secondary N) is 1. The van der Waals surface area contributed by atoms with Gasteiger partial charge in [0.1, 0.15) is 0 Å². The van der Waals surface area contributed by atoms with Crippen LogP contribution in [0.5, 0.6) is 0 Å². The van der Waals surface area contributed by atoms with Gasteiger partial charge in [-0.05, 0) is 32.9 Å². The lowest BCUT2D eigenvalue weighted by Crippen LogP contribution is -2.46. The van der Waals surface area contributed by atoms with Gasteiger partial charge in [0.25, 0.3) is 0 Å². The minimum Gasteiger partial charge on any atom is -0.465 e. The summed E-state index contributed by atoms with van der Waals surface area (Å²) in [5.74, 6) is -0.0785. The predicted octanol–water partition coefficient (Wildman–Crippen LogP) is 1.01. The lowest BCUT2D eigenvalue weighted by atomic mass is 10.1. The van der Waals surface area contributed by atoms with Gasteiger partial charge < -0.3 is 10.1 Å². The van der Waals surface area contributed by atoms with E-state index in [0.717, 1.165) is 32.4 Å². The Hall–Kier alpha value is -0.610. The van der Waals surface area contributed by atoms with Crippen LogP contribution in [0.3, 0.4) is 0 Å². The summed E-state index contributed by atoms with van der Waals surface area (Å²) in [5, 5.41) is 3.27. The van der Waals surface area contributed by atoms with Crippen molar-refractivity contribution in [3.8, 4) is 0 Å². The van der Waals surface area contributed by atoms with Gasteiger partial charge in [-0.2, -0.15) is 0 Å². The Morgan fingerprint density at radius 2 is 2.38 bits per heavy atom. The van der Waals surface area contributed by atoms with E-state index < -0.39 is 0 Å². The van der Waals surface area contributed by atoms with Crippen LogP contribution in [0.4, 0.5) is 0 Å².